The predicted molar refractivity (Wildman–Crippen MR) is 95.5 cm³/mol. The summed E-state index contributed by atoms with van der Waals surface area (Å²) in [5.41, 5.74) is 1.63. The molecule has 1 N–H and O–H groups in total. The SMILES string of the molecule is C[C@H]1CCCCN1CCNC(=O)C1=Cc2cc(Br)ccc2OC1. The number of nitrogens with zero attached hydrogens (tertiary/aromatic N) is 1. The van der Waals surface area contributed by atoms with Crippen molar-refractivity contribution in [1.82, 2.24) is 10.2 Å². The molecule has 2 aliphatic heterocycles. The van der Waals surface area contributed by atoms with Crippen LogP contribution in [0.4, 0.5) is 0 Å². The highest BCUT2D eigenvalue weighted by Gasteiger charge is 2.19. The molecule has 4 nitrogen and oxygen atoms in total. The average molecular weight is 379 g/mol. The van der Waals surface area contributed by atoms with Gasteiger partial charge in [0.05, 0.1) is 5.57 Å². The largest absolute Gasteiger partial charge is 0.488 e. The van der Waals surface area contributed by atoms with Crippen molar-refractivity contribution >= 4 is 27.9 Å². The van der Waals surface area contributed by atoms with Gasteiger partial charge in [-0.3, -0.25) is 9.69 Å². The first-order chi connectivity index (χ1) is 11.1. The fourth-order valence-corrected chi connectivity index (χ4v) is 3.57. The molecule has 0 unspecified atom stereocenters. The third-order valence-corrected chi connectivity index (χ3v) is 5.09. The minimum Gasteiger partial charge on any atom is -0.488 e. The number of amides is 1. The lowest BCUT2D eigenvalue weighted by Gasteiger charge is -2.33. The van der Waals surface area contributed by atoms with Crippen LogP contribution in [0.25, 0.3) is 6.08 Å². The van der Waals surface area contributed by atoms with Gasteiger partial charge in [0.2, 0.25) is 0 Å². The fourth-order valence-electron chi connectivity index (χ4n) is 3.20. The van der Waals surface area contributed by atoms with E-state index in [0.717, 1.165) is 28.9 Å². The number of halogens is 1. The Labute approximate surface area is 146 Å². The maximum absolute atomic E-state index is 12.3. The molecule has 0 bridgehead atoms. The highest BCUT2D eigenvalue weighted by molar-refractivity contribution is 9.10. The Hall–Kier alpha value is -1.33. The van der Waals surface area contributed by atoms with E-state index in [1.54, 1.807) is 0 Å². The summed E-state index contributed by atoms with van der Waals surface area (Å²) in [6.45, 7) is 5.35. The normalized spacial score (nSPS) is 21.1. The monoisotopic (exact) mass is 378 g/mol. The third kappa shape index (κ3) is 4.15. The van der Waals surface area contributed by atoms with Gasteiger partial charge < -0.3 is 10.1 Å². The van der Waals surface area contributed by atoms with E-state index in [1.807, 2.05) is 24.3 Å². The summed E-state index contributed by atoms with van der Waals surface area (Å²) < 4.78 is 6.65. The predicted octanol–water partition coefficient (Wildman–Crippen LogP) is 3.22. The number of carbonyl (C=O) groups is 1. The van der Waals surface area contributed by atoms with Gasteiger partial charge in [-0.05, 0) is 50.6 Å². The quantitative estimate of drug-likeness (QED) is 0.874. The van der Waals surface area contributed by atoms with Crippen LogP contribution in [0.1, 0.15) is 31.7 Å². The molecule has 23 heavy (non-hydrogen) atoms. The molecular formula is C18H23BrN2O2. The number of hydrogen-bond acceptors (Lipinski definition) is 3. The van der Waals surface area contributed by atoms with Crippen molar-refractivity contribution in [3.05, 3.63) is 33.8 Å². The van der Waals surface area contributed by atoms with E-state index < -0.39 is 0 Å². The number of ether oxygens (including phenoxy) is 1. The molecule has 0 aliphatic carbocycles. The molecule has 1 amide bonds. The smallest absolute Gasteiger partial charge is 0.250 e. The molecule has 0 aromatic heterocycles. The van der Waals surface area contributed by atoms with Gasteiger partial charge in [0.15, 0.2) is 0 Å². The topological polar surface area (TPSA) is 41.6 Å². The highest BCUT2D eigenvalue weighted by Crippen LogP contribution is 2.29. The van der Waals surface area contributed by atoms with E-state index in [-0.39, 0.29) is 5.91 Å². The average Bonchev–Trinajstić information content (AvgIpc) is 2.55. The van der Waals surface area contributed by atoms with Crippen LogP contribution in [0.15, 0.2) is 28.2 Å². The zero-order valence-electron chi connectivity index (χ0n) is 13.5. The van der Waals surface area contributed by atoms with Crippen LogP contribution in [-0.2, 0) is 4.79 Å². The van der Waals surface area contributed by atoms with Gasteiger partial charge in [0, 0.05) is 29.2 Å². The molecule has 0 radical (unpaired) electrons. The second-order valence-corrected chi connectivity index (χ2v) is 7.19. The molecule has 1 atom stereocenters. The minimum atomic E-state index is -0.0275. The molecule has 0 saturated carbocycles. The zero-order valence-corrected chi connectivity index (χ0v) is 15.1. The van der Waals surface area contributed by atoms with Gasteiger partial charge in [-0.15, -0.1) is 0 Å². The minimum absolute atomic E-state index is 0.0275. The molecule has 2 heterocycles. The van der Waals surface area contributed by atoms with Gasteiger partial charge in [-0.25, -0.2) is 0 Å². The molecule has 2 aliphatic rings. The zero-order chi connectivity index (χ0) is 16.2. The first-order valence-electron chi connectivity index (χ1n) is 8.28. The number of rotatable bonds is 4. The van der Waals surface area contributed by atoms with Crippen LogP contribution in [0, 0.1) is 0 Å². The number of nitrogens with one attached hydrogen (secondary N) is 1. The van der Waals surface area contributed by atoms with Gasteiger partial charge in [-0.1, -0.05) is 22.4 Å². The Morgan fingerprint density at radius 1 is 1.43 bits per heavy atom. The van der Waals surface area contributed by atoms with Gasteiger partial charge in [0.1, 0.15) is 12.4 Å². The summed E-state index contributed by atoms with van der Waals surface area (Å²) in [5.74, 6) is 0.798. The maximum atomic E-state index is 12.3. The van der Waals surface area contributed by atoms with Crippen LogP contribution >= 0.6 is 15.9 Å². The Balaban J connectivity index is 1.54. The van der Waals surface area contributed by atoms with E-state index >= 15 is 0 Å². The lowest BCUT2D eigenvalue weighted by molar-refractivity contribution is -0.117. The fraction of sp³-hybridized carbons (Fsp3) is 0.500. The van der Waals surface area contributed by atoms with E-state index in [4.69, 9.17) is 4.74 Å². The molecule has 0 spiro atoms. The van der Waals surface area contributed by atoms with Gasteiger partial charge in [0.25, 0.3) is 5.91 Å². The van der Waals surface area contributed by atoms with Crippen molar-refractivity contribution in [2.24, 2.45) is 0 Å². The van der Waals surface area contributed by atoms with Crippen LogP contribution in [0.3, 0.4) is 0 Å². The molecule has 1 fully saturated rings. The number of hydrogen-bond donors (Lipinski definition) is 1. The van der Waals surface area contributed by atoms with Crippen LogP contribution in [0.2, 0.25) is 0 Å². The van der Waals surface area contributed by atoms with Gasteiger partial charge >= 0.3 is 0 Å². The van der Waals surface area contributed by atoms with Crippen LogP contribution < -0.4 is 10.1 Å². The van der Waals surface area contributed by atoms with Gasteiger partial charge in [-0.2, -0.15) is 0 Å². The van der Waals surface area contributed by atoms with Crippen molar-refractivity contribution in [2.45, 2.75) is 32.2 Å². The highest BCUT2D eigenvalue weighted by atomic mass is 79.9. The third-order valence-electron chi connectivity index (χ3n) is 4.60. The van der Waals surface area contributed by atoms with E-state index in [2.05, 4.69) is 33.1 Å². The summed E-state index contributed by atoms with van der Waals surface area (Å²) >= 11 is 3.45. The standard InChI is InChI=1S/C18H23BrN2O2/c1-13-4-2-3-8-21(13)9-7-20-18(22)15-10-14-11-16(19)5-6-17(14)23-12-15/h5-6,10-11,13H,2-4,7-9,12H2,1H3,(H,20,22)/t13-/m0/s1. The van der Waals surface area contributed by atoms with Crippen molar-refractivity contribution in [2.75, 3.05) is 26.2 Å². The van der Waals surface area contributed by atoms with E-state index in [1.165, 1.54) is 19.3 Å². The summed E-state index contributed by atoms with van der Waals surface area (Å²) in [7, 11) is 0. The molecule has 124 valence electrons. The van der Waals surface area contributed by atoms with E-state index in [9.17, 15) is 4.79 Å². The molecular weight excluding hydrogens is 356 g/mol. The molecule has 5 heteroatoms. The second kappa shape index (κ2) is 7.49. The van der Waals surface area contributed by atoms with Crippen molar-refractivity contribution in [1.29, 1.82) is 0 Å². The summed E-state index contributed by atoms with van der Waals surface area (Å²) in [6.07, 6.45) is 5.77. The first-order valence-corrected chi connectivity index (χ1v) is 9.08. The first kappa shape index (κ1) is 16.5. The van der Waals surface area contributed by atoms with E-state index in [0.29, 0.717) is 24.8 Å². The lowest BCUT2D eigenvalue weighted by Crippen LogP contribution is -2.42. The second-order valence-electron chi connectivity index (χ2n) is 6.28. The molecule has 3 rings (SSSR count). The van der Waals surface area contributed by atoms with Crippen LogP contribution in [-0.4, -0.2) is 43.1 Å². The van der Waals surface area contributed by atoms with Crippen molar-refractivity contribution < 1.29 is 9.53 Å². The van der Waals surface area contributed by atoms with Crippen molar-refractivity contribution in [3.8, 4) is 5.75 Å². The number of likely N-dealkylation sites (tertiary alicyclic amines) is 1. The number of benzene rings is 1. The summed E-state index contributed by atoms with van der Waals surface area (Å²) in [4.78, 5) is 14.8. The maximum Gasteiger partial charge on any atom is 0.250 e. The molecule has 1 aromatic carbocycles. The number of piperidine rings is 1. The Morgan fingerprint density at radius 3 is 3.13 bits per heavy atom. The molecule has 1 aromatic rings. The number of fused-ring (bicyclic) bond motifs is 1. The Bertz CT molecular complexity index is 615. The molecule has 1 saturated heterocycles. The summed E-state index contributed by atoms with van der Waals surface area (Å²) in [6, 6.07) is 6.46. The Kier molecular flexibility index (Phi) is 5.38. The van der Waals surface area contributed by atoms with Crippen molar-refractivity contribution in [3.63, 3.8) is 0 Å². The number of carbonyl (C=O) groups excluding carboxylic acids is 1. The summed E-state index contributed by atoms with van der Waals surface area (Å²) in [5, 5.41) is 3.03. The lowest BCUT2D eigenvalue weighted by atomic mass is 10.0. The Morgan fingerprint density at radius 2 is 2.30 bits per heavy atom. The van der Waals surface area contributed by atoms with Crippen LogP contribution in [0.5, 0.6) is 5.75 Å².